The van der Waals surface area contributed by atoms with Gasteiger partial charge in [-0.25, -0.2) is 0 Å². The molecule has 1 heterocycles. The van der Waals surface area contributed by atoms with Gasteiger partial charge in [-0.05, 0) is 35.2 Å². The van der Waals surface area contributed by atoms with Gasteiger partial charge in [0.2, 0.25) is 0 Å². The van der Waals surface area contributed by atoms with Gasteiger partial charge in [-0.15, -0.1) is 0 Å². The molecule has 0 aliphatic carbocycles. The Labute approximate surface area is 117 Å². The average Bonchev–Trinajstić information content (AvgIpc) is 2.62. The Morgan fingerprint density at radius 2 is 2.11 bits per heavy atom. The van der Waals surface area contributed by atoms with E-state index >= 15 is 0 Å². The lowest BCUT2D eigenvalue weighted by Crippen LogP contribution is -2.16. The van der Waals surface area contributed by atoms with Crippen LogP contribution in [-0.4, -0.2) is 34.2 Å². The number of hydrogen-bond donors (Lipinski definition) is 1. The zero-order valence-electron chi connectivity index (χ0n) is 11.4. The van der Waals surface area contributed by atoms with Crippen molar-refractivity contribution in [2.75, 3.05) is 13.2 Å². The molecule has 1 rings (SSSR count). The fourth-order valence-corrected chi connectivity index (χ4v) is 2.61. The average molecular weight is 319 g/mol. The van der Waals surface area contributed by atoms with Crippen molar-refractivity contribution in [3.63, 3.8) is 0 Å². The number of ether oxygens (including phenoxy) is 1. The third kappa shape index (κ3) is 4.37. The van der Waals surface area contributed by atoms with Crippen LogP contribution in [-0.2, 0) is 24.6 Å². The first-order valence-electron chi connectivity index (χ1n) is 6.56. The highest BCUT2D eigenvalue weighted by Gasteiger charge is 2.16. The lowest BCUT2D eigenvalue weighted by molar-refractivity contribution is 0.0815. The van der Waals surface area contributed by atoms with E-state index in [4.69, 9.17) is 4.74 Å². The summed E-state index contributed by atoms with van der Waals surface area (Å²) in [6.07, 6.45) is 2.81. The fraction of sp³-hybridized carbons (Fsp3) is 0.769. The highest BCUT2D eigenvalue weighted by atomic mass is 79.9. The molecule has 1 aromatic rings. The summed E-state index contributed by atoms with van der Waals surface area (Å²) in [6, 6.07) is 0. The normalized spacial score (nSPS) is 12.9. The number of halogens is 1. The summed E-state index contributed by atoms with van der Waals surface area (Å²) >= 11 is 3.56. The molecule has 0 aromatic carbocycles. The maximum Gasteiger partial charge on any atom is 0.0766 e. The van der Waals surface area contributed by atoms with Gasteiger partial charge >= 0.3 is 0 Å². The van der Waals surface area contributed by atoms with Crippen LogP contribution in [0.3, 0.4) is 0 Å². The van der Waals surface area contributed by atoms with Gasteiger partial charge in [-0.2, -0.15) is 5.10 Å². The highest BCUT2D eigenvalue weighted by Crippen LogP contribution is 2.23. The SMILES string of the molecule is CCCOCCC(O)Cc1c(Br)c(CC)nn1C. The second-order valence-electron chi connectivity index (χ2n) is 4.44. The van der Waals surface area contributed by atoms with Crippen LogP contribution in [0.1, 0.15) is 38.1 Å². The predicted molar refractivity (Wildman–Crippen MR) is 75.7 cm³/mol. The van der Waals surface area contributed by atoms with Crippen LogP contribution >= 0.6 is 15.9 Å². The molecule has 0 saturated carbocycles. The van der Waals surface area contributed by atoms with Crippen molar-refractivity contribution in [1.29, 1.82) is 0 Å². The molecule has 104 valence electrons. The van der Waals surface area contributed by atoms with E-state index in [2.05, 4.69) is 34.9 Å². The molecule has 0 radical (unpaired) electrons. The van der Waals surface area contributed by atoms with Crippen LogP contribution in [0.4, 0.5) is 0 Å². The third-order valence-electron chi connectivity index (χ3n) is 2.88. The molecule has 0 aliphatic heterocycles. The number of rotatable bonds is 8. The highest BCUT2D eigenvalue weighted by molar-refractivity contribution is 9.10. The van der Waals surface area contributed by atoms with E-state index in [1.165, 1.54) is 0 Å². The first-order valence-corrected chi connectivity index (χ1v) is 7.35. The Bertz CT molecular complexity index is 366. The molecule has 1 aromatic heterocycles. The van der Waals surface area contributed by atoms with Crippen LogP contribution in [0.25, 0.3) is 0 Å². The van der Waals surface area contributed by atoms with E-state index in [1.807, 2.05) is 11.7 Å². The van der Waals surface area contributed by atoms with E-state index in [1.54, 1.807) is 0 Å². The van der Waals surface area contributed by atoms with Gasteiger partial charge in [0.15, 0.2) is 0 Å². The van der Waals surface area contributed by atoms with E-state index < -0.39 is 0 Å². The number of aryl methyl sites for hydroxylation is 2. The molecule has 1 atom stereocenters. The monoisotopic (exact) mass is 318 g/mol. The maximum absolute atomic E-state index is 9.99. The molecule has 18 heavy (non-hydrogen) atoms. The molecule has 0 saturated heterocycles. The second kappa shape index (κ2) is 7.92. The molecule has 0 amide bonds. The third-order valence-corrected chi connectivity index (χ3v) is 3.79. The van der Waals surface area contributed by atoms with Gasteiger partial charge in [0.05, 0.1) is 22.0 Å². The smallest absolute Gasteiger partial charge is 0.0766 e. The molecule has 0 fully saturated rings. The summed E-state index contributed by atoms with van der Waals surface area (Å²) in [4.78, 5) is 0. The molecule has 0 spiro atoms. The zero-order valence-corrected chi connectivity index (χ0v) is 13.0. The Morgan fingerprint density at radius 3 is 2.67 bits per heavy atom. The first-order chi connectivity index (χ1) is 8.60. The summed E-state index contributed by atoms with van der Waals surface area (Å²) in [5.74, 6) is 0. The molecule has 1 N–H and O–H groups in total. The topological polar surface area (TPSA) is 47.3 Å². The summed E-state index contributed by atoms with van der Waals surface area (Å²) in [6.45, 7) is 5.54. The number of nitrogens with zero attached hydrogens (tertiary/aromatic N) is 2. The molecule has 0 bridgehead atoms. The van der Waals surface area contributed by atoms with Crippen molar-refractivity contribution in [2.24, 2.45) is 7.05 Å². The zero-order chi connectivity index (χ0) is 13.5. The van der Waals surface area contributed by atoms with Crippen molar-refractivity contribution in [3.05, 3.63) is 15.9 Å². The number of hydrogen-bond acceptors (Lipinski definition) is 3. The molecule has 1 unspecified atom stereocenters. The molecule has 5 heteroatoms. The van der Waals surface area contributed by atoms with Crippen LogP contribution in [0.15, 0.2) is 4.47 Å². The predicted octanol–water partition coefficient (Wildman–Crippen LogP) is 2.47. The Kier molecular flexibility index (Phi) is 6.89. The minimum absolute atomic E-state index is 0.377. The Morgan fingerprint density at radius 1 is 1.39 bits per heavy atom. The quantitative estimate of drug-likeness (QED) is 0.749. The van der Waals surface area contributed by atoms with Gasteiger partial charge in [0, 0.05) is 26.7 Å². The molecule has 4 nitrogen and oxygen atoms in total. The van der Waals surface area contributed by atoms with Gasteiger partial charge in [-0.3, -0.25) is 4.68 Å². The van der Waals surface area contributed by atoms with Gasteiger partial charge in [0.1, 0.15) is 0 Å². The van der Waals surface area contributed by atoms with E-state index in [0.717, 1.165) is 35.3 Å². The van der Waals surface area contributed by atoms with Gasteiger partial charge in [-0.1, -0.05) is 13.8 Å². The number of aliphatic hydroxyl groups is 1. The van der Waals surface area contributed by atoms with E-state index in [-0.39, 0.29) is 6.10 Å². The van der Waals surface area contributed by atoms with Crippen molar-refractivity contribution in [2.45, 2.75) is 45.6 Å². The summed E-state index contributed by atoms with van der Waals surface area (Å²) in [5.41, 5.74) is 2.09. The van der Waals surface area contributed by atoms with Crippen LogP contribution in [0, 0.1) is 0 Å². The van der Waals surface area contributed by atoms with Crippen molar-refractivity contribution in [3.8, 4) is 0 Å². The Balaban J connectivity index is 2.48. The number of aromatic nitrogens is 2. The van der Waals surface area contributed by atoms with Crippen LogP contribution < -0.4 is 0 Å². The minimum atomic E-state index is -0.377. The molecule has 0 aliphatic rings. The lowest BCUT2D eigenvalue weighted by Gasteiger charge is -2.11. The summed E-state index contributed by atoms with van der Waals surface area (Å²) < 4.78 is 8.26. The standard InChI is InChI=1S/C13H23BrN2O2/c1-4-7-18-8-6-10(17)9-12-13(14)11(5-2)15-16(12)3/h10,17H,4-9H2,1-3H3. The summed E-state index contributed by atoms with van der Waals surface area (Å²) in [7, 11) is 1.92. The van der Waals surface area contributed by atoms with E-state index in [9.17, 15) is 5.11 Å². The van der Waals surface area contributed by atoms with Crippen LogP contribution in [0.5, 0.6) is 0 Å². The number of aliphatic hydroxyl groups excluding tert-OH is 1. The fourth-order valence-electron chi connectivity index (χ4n) is 1.83. The van der Waals surface area contributed by atoms with E-state index in [0.29, 0.717) is 19.4 Å². The van der Waals surface area contributed by atoms with Gasteiger partial charge in [0.25, 0.3) is 0 Å². The van der Waals surface area contributed by atoms with Crippen molar-refractivity contribution in [1.82, 2.24) is 9.78 Å². The minimum Gasteiger partial charge on any atom is -0.393 e. The van der Waals surface area contributed by atoms with Crippen LogP contribution in [0.2, 0.25) is 0 Å². The van der Waals surface area contributed by atoms with Crippen molar-refractivity contribution >= 4 is 15.9 Å². The van der Waals surface area contributed by atoms with Gasteiger partial charge < -0.3 is 9.84 Å². The van der Waals surface area contributed by atoms with Crippen molar-refractivity contribution < 1.29 is 9.84 Å². The Hall–Kier alpha value is -0.390. The molecular weight excluding hydrogens is 296 g/mol. The maximum atomic E-state index is 9.99. The first kappa shape index (κ1) is 15.7. The second-order valence-corrected chi connectivity index (χ2v) is 5.24. The largest absolute Gasteiger partial charge is 0.393 e. The lowest BCUT2D eigenvalue weighted by atomic mass is 10.1. The molecular formula is C13H23BrN2O2. The summed E-state index contributed by atoms with van der Waals surface area (Å²) in [5, 5.41) is 14.4.